The van der Waals surface area contributed by atoms with Gasteiger partial charge < -0.3 is 4.90 Å². The molecule has 0 radical (unpaired) electrons. The summed E-state index contributed by atoms with van der Waals surface area (Å²) >= 11 is 0. The van der Waals surface area contributed by atoms with E-state index in [1.165, 1.54) is 4.90 Å². The molecule has 2 fully saturated rings. The minimum Gasteiger partial charge on any atom is -0.312 e. The largest absolute Gasteiger partial charge is 0.327 e. The molecule has 0 bridgehead atoms. The van der Waals surface area contributed by atoms with Crippen molar-refractivity contribution in [3.05, 3.63) is 0 Å². The first-order valence-electron chi connectivity index (χ1n) is 5.48. The number of urea groups is 1. The molecular formula is C11H18N2O2. The van der Waals surface area contributed by atoms with Crippen molar-refractivity contribution in [3.63, 3.8) is 0 Å². The van der Waals surface area contributed by atoms with Crippen molar-refractivity contribution in [2.24, 2.45) is 5.92 Å². The Morgan fingerprint density at radius 2 is 1.87 bits per heavy atom. The number of carbonyl (C=O) groups excluding carboxylic acids is 2. The van der Waals surface area contributed by atoms with Crippen LogP contribution in [0.5, 0.6) is 0 Å². The van der Waals surface area contributed by atoms with Crippen LogP contribution in [0.3, 0.4) is 0 Å². The summed E-state index contributed by atoms with van der Waals surface area (Å²) in [6, 6.07) is -0.307. The Hall–Kier alpha value is -1.06. The van der Waals surface area contributed by atoms with E-state index in [2.05, 4.69) is 0 Å². The van der Waals surface area contributed by atoms with Crippen LogP contribution < -0.4 is 0 Å². The van der Waals surface area contributed by atoms with Gasteiger partial charge in [-0.1, -0.05) is 6.92 Å². The van der Waals surface area contributed by atoms with E-state index in [0.29, 0.717) is 5.92 Å². The van der Waals surface area contributed by atoms with E-state index in [1.807, 2.05) is 27.7 Å². The van der Waals surface area contributed by atoms with Crippen LogP contribution in [0.15, 0.2) is 0 Å². The van der Waals surface area contributed by atoms with Crippen molar-refractivity contribution in [3.8, 4) is 0 Å². The predicted octanol–water partition coefficient (Wildman–Crippen LogP) is 1.46. The molecule has 2 saturated heterocycles. The Morgan fingerprint density at radius 3 is 2.33 bits per heavy atom. The Balaban J connectivity index is 2.33. The third-order valence-electron chi connectivity index (χ3n) is 3.28. The molecule has 0 aromatic rings. The molecule has 3 amide bonds. The second kappa shape index (κ2) is 2.97. The lowest BCUT2D eigenvalue weighted by Crippen LogP contribution is -2.47. The van der Waals surface area contributed by atoms with Crippen molar-refractivity contribution in [1.82, 2.24) is 9.80 Å². The number of amides is 3. The number of hydrogen-bond acceptors (Lipinski definition) is 2. The molecule has 4 nitrogen and oxygen atoms in total. The van der Waals surface area contributed by atoms with Gasteiger partial charge in [0.25, 0.3) is 5.91 Å². The molecule has 0 saturated carbocycles. The van der Waals surface area contributed by atoms with Crippen LogP contribution in [0.2, 0.25) is 0 Å². The van der Waals surface area contributed by atoms with Gasteiger partial charge in [0, 0.05) is 12.1 Å². The summed E-state index contributed by atoms with van der Waals surface area (Å²) in [5.74, 6) is 0.284. The Kier molecular flexibility index (Phi) is 2.07. The Bertz CT molecular complexity index is 319. The number of fused-ring (bicyclic) bond motifs is 1. The van der Waals surface area contributed by atoms with E-state index < -0.39 is 5.54 Å². The number of rotatable bonds is 0. The van der Waals surface area contributed by atoms with Crippen LogP contribution >= 0.6 is 0 Å². The zero-order valence-electron chi connectivity index (χ0n) is 9.78. The van der Waals surface area contributed by atoms with Gasteiger partial charge in [-0.2, -0.15) is 0 Å². The maximum absolute atomic E-state index is 12.1. The summed E-state index contributed by atoms with van der Waals surface area (Å²) in [6.07, 6.45) is 0.945. The fourth-order valence-electron chi connectivity index (χ4n) is 2.51. The molecular weight excluding hydrogens is 192 g/mol. The predicted molar refractivity (Wildman–Crippen MR) is 56.3 cm³/mol. The van der Waals surface area contributed by atoms with E-state index in [1.54, 1.807) is 4.90 Å². The molecule has 0 spiro atoms. The molecule has 84 valence electrons. The van der Waals surface area contributed by atoms with E-state index >= 15 is 0 Å². The average molecular weight is 210 g/mol. The normalized spacial score (nSPS) is 31.5. The second-order valence-electron chi connectivity index (χ2n) is 5.53. The van der Waals surface area contributed by atoms with E-state index in [9.17, 15) is 9.59 Å². The van der Waals surface area contributed by atoms with Gasteiger partial charge in [-0.15, -0.1) is 0 Å². The first-order chi connectivity index (χ1) is 6.84. The van der Waals surface area contributed by atoms with Gasteiger partial charge in [0.15, 0.2) is 0 Å². The van der Waals surface area contributed by atoms with Crippen molar-refractivity contribution >= 4 is 11.9 Å². The highest BCUT2D eigenvalue weighted by Crippen LogP contribution is 2.35. The third kappa shape index (κ3) is 1.34. The van der Waals surface area contributed by atoms with Crippen molar-refractivity contribution < 1.29 is 9.59 Å². The topological polar surface area (TPSA) is 40.6 Å². The third-order valence-corrected chi connectivity index (χ3v) is 3.28. The molecule has 2 aliphatic heterocycles. The van der Waals surface area contributed by atoms with Crippen molar-refractivity contribution in [1.29, 1.82) is 0 Å². The van der Waals surface area contributed by atoms with Crippen LogP contribution in [0.1, 0.15) is 34.1 Å². The van der Waals surface area contributed by atoms with Crippen LogP contribution in [-0.2, 0) is 4.79 Å². The quantitative estimate of drug-likeness (QED) is 0.568. The molecule has 15 heavy (non-hydrogen) atoms. The average Bonchev–Trinajstić information content (AvgIpc) is 2.54. The number of hydrogen-bond donors (Lipinski definition) is 0. The minimum absolute atomic E-state index is 0.0162. The van der Waals surface area contributed by atoms with Gasteiger partial charge >= 0.3 is 6.03 Å². The molecule has 2 unspecified atom stereocenters. The first kappa shape index (κ1) is 10.5. The first-order valence-corrected chi connectivity index (χ1v) is 5.48. The summed E-state index contributed by atoms with van der Waals surface area (Å²) in [5.41, 5.74) is -0.405. The van der Waals surface area contributed by atoms with Gasteiger partial charge in [0.2, 0.25) is 0 Å². The lowest BCUT2D eigenvalue weighted by atomic mass is 10.0. The van der Waals surface area contributed by atoms with Gasteiger partial charge in [0.1, 0.15) is 6.04 Å². The van der Waals surface area contributed by atoms with E-state index in [4.69, 9.17) is 0 Å². The molecule has 2 heterocycles. The number of carbonyl (C=O) groups is 2. The highest BCUT2D eigenvalue weighted by atomic mass is 16.2. The number of imide groups is 1. The van der Waals surface area contributed by atoms with Crippen molar-refractivity contribution in [2.75, 3.05) is 6.54 Å². The molecule has 0 N–H and O–H groups in total. The van der Waals surface area contributed by atoms with Crippen molar-refractivity contribution in [2.45, 2.75) is 45.7 Å². The highest BCUT2D eigenvalue weighted by Gasteiger charge is 2.53. The molecule has 2 atom stereocenters. The molecule has 2 rings (SSSR count). The lowest BCUT2D eigenvalue weighted by molar-refractivity contribution is -0.131. The van der Waals surface area contributed by atoms with Gasteiger partial charge in [-0.3, -0.25) is 9.69 Å². The van der Waals surface area contributed by atoms with Gasteiger partial charge in [-0.25, -0.2) is 4.79 Å². The van der Waals surface area contributed by atoms with Crippen LogP contribution in [0.25, 0.3) is 0 Å². The monoisotopic (exact) mass is 210 g/mol. The zero-order chi connectivity index (χ0) is 11.4. The van der Waals surface area contributed by atoms with Gasteiger partial charge in [-0.05, 0) is 33.1 Å². The molecule has 2 aliphatic rings. The summed E-state index contributed by atoms with van der Waals surface area (Å²) in [5, 5.41) is 0. The molecule has 0 aliphatic carbocycles. The highest BCUT2D eigenvalue weighted by molar-refractivity contribution is 6.05. The Morgan fingerprint density at radius 1 is 1.27 bits per heavy atom. The summed E-state index contributed by atoms with van der Waals surface area (Å²) in [7, 11) is 0. The van der Waals surface area contributed by atoms with Crippen LogP contribution in [0, 0.1) is 5.92 Å². The summed E-state index contributed by atoms with van der Waals surface area (Å²) in [6.45, 7) is 8.46. The summed E-state index contributed by atoms with van der Waals surface area (Å²) in [4.78, 5) is 27.3. The number of nitrogens with zero attached hydrogens (tertiary/aromatic N) is 2. The molecule has 0 aromatic carbocycles. The molecule has 0 aromatic heterocycles. The summed E-state index contributed by atoms with van der Waals surface area (Å²) < 4.78 is 0. The fraction of sp³-hybridized carbons (Fsp3) is 0.818. The SMILES string of the molecule is CC1CCN2C(=O)N(C(C)(C)C)C(=O)C12. The van der Waals surface area contributed by atoms with E-state index in [0.717, 1.165) is 13.0 Å². The molecule has 4 heteroatoms. The smallest absolute Gasteiger partial charge is 0.312 e. The standard InChI is InChI=1S/C11H18N2O2/c1-7-5-6-12-8(7)9(14)13(10(12)15)11(2,3)4/h7-8H,5-6H2,1-4H3. The lowest BCUT2D eigenvalue weighted by Gasteiger charge is -2.29. The van der Waals surface area contributed by atoms with Crippen LogP contribution in [0.4, 0.5) is 4.79 Å². The second-order valence-corrected chi connectivity index (χ2v) is 5.53. The van der Waals surface area contributed by atoms with E-state index in [-0.39, 0.29) is 18.0 Å². The maximum Gasteiger partial charge on any atom is 0.327 e. The zero-order valence-corrected chi connectivity index (χ0v) is 9.78. The fourth-order valence-corrected chi connectivity index (χ4v) is 2.51. The minimum atomic E-state index is -0.405. The van der Waals surface area contributed by atoms with Crippen LogP contribution in [-0.4, -0.2) is 39.9 Å². The Labute approximate surface area is 90.2 Å². The van der Waals surface area contributed by atoms with Gasteiger partial charge in [0.05, 0.1) is 0 Å². The maximum atomic E-state index is 12.1.